The largest absolute Gasteiger partial charge is 0.449 e. The fourth-order valence-corrected chi connectivity index (χ4v) is 3.08. The number of hydrogen-bond donors (Lipinski definition) is 3. The van der Waals surface area contributed by atoms with E-state index in [1.807, 2.05) is 0 Å². The molecule has 1 aromatic heterocycles. The van der Waals surface area contributed by atoms with Gasteiger partial charge < -0.3 is 5.73 Å². The van der Waals surface area contributed by atoms with Gasteiger partial charge in [0.25, 0.3) is 0 Å². The van der Waals surface area contributed by atoms with Crippen molar-refractivity contribution < 1.29 is 13.2 Å². The number of benzene rings is 2. The van der Waals surface area contributed by atoms with Gasteiger partial charge in [0, 0.05) is 10.6 Å². The number of nitrogens with zero attached hydrogens (tertiary/aromatic N) is 2. The highest BCUT2D eigenvalue weighted by Gasteiger charge is 2.37. The number of nitrogens with one attached hydrogen (secondary N) is 2. The number of nitrogen functional groups attached to an aromatic ring is 1. The highest BCUT2D eigenvalue weighted by Crippen LogP contribution is 2.27. The molecule has 0 unspecified atom stereocenters. The molecule has 5 nitrogen and oxygen atoms in total. The van der Waals surface area contributed by atoms with E-state index in [9.17, 15) is 13.2 Å². The Labute approximate surface area is 144 Å². The van der Waals surface area contributed by atoms with Crippen LogP contribution in [-0.4, -0.2) is 21.6 Å². The molecule has 1 heterocycles. The minimum Gasteiger partial charge on any atom is -0.399 e. The lowest BCUT2D eigenvalue weighted by molar-refractivity contribution is -0.0624. The average molecular weight is 363 g/mol. The molecule has 0 saturated carbocycles. The Morgan fingerprint density at radius 3 is 2.44 bits per heavy atom. The summed E-state index contributed by atoms with van der Waals surface area (Å²) in [6.45, 7) is 0. The van der Waals surface area contributed by atoms with Gasteiger partial charge in [-0.2, -0.15) is 13.2 Å². The van der Waals surface area contributed by atoms with Crippen LogP contribution in [0.2, 0.25) is 0 Å². The second-order valence-corrected chi connectivity index (χ2v) is 6.17. The zero-order valence-electron chi connectivity index (χ0n) is 12.6. The first kappa shape index (κ1) is 17.0. The molecule has 0 aliphatic carbocycles. The van der Waals surface area contributed by atoms with Crippen molar-refractivity contribution in [3.63, 3.8) is 0 Å². The lowest BCUT2D eigenvalue weighted by Crippen LogP contribution is -2.38. The molecule has 0 fully saturated rings. The van der Waals surface area contributed by atoms with Crippen molar-refractivity contribution in [1.82, 2.24) is 9.55 Å². The Bertz CT molecular complexity index is 1010. The highest BCUT2D eigenvalue weighted by atomic mass is 32.2. The molecule has 0 saturated heterocycles. The van der Waals surface area contributed by atoms with Crippen LogP contribution in [0, 0.1) is 10.8 Å². The van der Waals surface area contributed by atoms with Crippen LogP contribution >= 0.6 is 11.8 Å². The fourth-order valence-electron chi connectivity index (χ4n) is 2.23. The number of nitrogens with two attached hydrogens (primary N) is 1. The van der Waals surface area contributed by atoms with E-state index < -0.39 is 17.5 Å². The quantitative estimate of drug-likeness (QED) is 0.369. The second-order valence-electron chi connectivity index (χ2n) is 5.11. The molecule has 0 aliphatic rings. The fraction of sp³-hybridized carbons (Fsp3) is 0.0625. The third-order valence-electron chi connectivity index (χ3n) is 3.34. The predicted molar refractivity (Wildman–Crippen MR) is 89.7 cm³/mol. The number of halogens is 3. The van der Waals surface area contributed by atoms with Gasteiger partial charge in [0.05, 0.1) is 11.0 Å². The van der Waals surface area contributed by atoms with Crippen LogP contribution in [0.25, 0.3) is 11.0 Å². The summed E-state index contributed by atoms with van der Waals surface area (Å²) in [7, 11) is 0. The van der Waals surface area contributed by atoms with E-state index in [1.54, 1.807) is 30.3 Å². The Morgan fingerprint density at radius 1 is 1.12 bits per heavy atom. The van der Waals surface area contributed by atoms with Crippen LogP contribution in [-0.2, 0) is 0 Å². The van der Waals surface area contributed by atoms with Gasteiger partial charge in [-0.05, 0) is 30.3 Å². The summed E-state index contributed by atoms with van der Waals surface area (Å²) in [5.74, 6) is -1.65. The van der Waals surface area contributed by atoms with E-state index in [2.05, 4.69) is 4.98 Å². The van der Waals surface area contributed by atoms with Gasteiger partial charge in [-0.15, -0.1) is 0 Å². The third kappa shape index (κ3) is 3.36. The second kappa shape index (κ2) is 6.25. The Balaban J connectivity index is 2.27. The van der Waals surface area contributed by atoms with Crippen molar-refractivity contribution in [3.05, 3.63) is 54.0 Å². The molecule has 3 aromatic rings. The molecule has 0 bridgehead atoms. The van der Waals surface area contributed by atoms with E-state index in [4.69, 9.17) is 16.6 Å². The molecule has 0 aliphatic heterocycles. The molecule has 0 spiro atoms. The predicted octanol–water partition coefficient (Wildman–Crippen LogP) is 3.64. The van der Waals surface area contributed by atoms with Gasteiger partial charge >= 0.3 is 6.18 Å². The molecule has 4 N–H and O–H groups in total. The monoisotopic (exact) mass is 363 g/mol. The Morgan fingerprint density at radius 2 is 1.80 bits per heavy atom. The molecule has 0 atom stereocenters. The number of fused-ring (bicyclic) bond motifs is 1. The van der Waals surface area contributed by atoms with Crippen LogP contribution in [0.15, 0.2) is 58.5 Å². The van der Waals surface area contributed by atoms with Crippen LogP contribution in [0.3, 0.4) is 0 Å². The van der Waals surface area contributed by atoms with E-state index in [0.717, 1.165) is 16.7 Å². The molecule has 0 amide bonds. The van der Waals surface area contributed by atoms with Gasteiger partial charge in [0.15, 0.2) is 5.49 Å². The first-order chi connectivity index (χ1) is 11.8. The maximum atomic E-state index is 13.1. The summed E-state index contributed by atoms with van der Waals surface area (Å²) in [6, 6.07) is 13.0. The van der Waals surface area contributed by atoms with Gasteiger partial charge in [0.2, 0.25) is 5.84 Å². The van der Waals surface area contributed by atoms with E-state index in [0.29, 0.717) is 10.3 Å². The van der Waals surface area contributed by atoms with Crippen LogP contribution in [0.1, 0.15) is 0 Å². The number of anilines is 1. The summed E-state index contributed by atoms with van der Waals surface area (Å²) in [4.78, 5) is 4.99. The minimum atomic E-state index is -4.90. The maximum absolute atomic E-state index is 13.1. The van der Waals surface area contributed by atoms with Gasteiger partial charge in [-0.25, -0.2) is 4.98 Å². The van der Waals surface area contributed by atoms with Gasteiger partial charge in [-0.1, -0.05) is 30.0 Å². The lowest BCUT2D eigenvalue weighted by atomic mass is 10.2. The Hall–Kier alpha value is -2.81. The highest BCUT2D eigenvalue weighted by molar-refractivity contribution is 7.99. The third-order valence-corrected chi connectivity index (χ3v) is 4.32. The summed E-state index contributed by atoms with van der Waals surface area (Å²) in [5, 5.41) is 15.7. The summed E-state index contributed by atoms with van der Waals surface area (Å²) in [5.41, 5.74) is 5.71. The molecular formula is C16H12F3N5S. The van der Waals surface area contributed by atoms with E-state index >= 15 is 0 Å². The van der Waals surface area contributed by atoms with Crippen molar-refractivity contribution in [2.45, 2.75) is 16.1 Å². The number of hydrogen-bond acceptors (Lipinski definition) is 5. The standard InChI is InChI=1S/C16H12F3N5S/c17-16(18,19)15(22)24-12-7-6-9(20)8-11(12)23-14(13(24)21)25-10-4-2-1-3-5-10/h1-8,21-22H,20H2. The molecule has 25 heavy (non-hydrogen) atoms. The van der Waals surface area contributed by atoms with Crippen molar-refractivity contribution in [1.29, 1.82) is 10.8 Å². The van der Waals surface area contributed by atoms with Crippen LogP contribution < -0.4 is 11.2 Å². The van der Waals surface area contributed by atoms with Crippen molar-refractivity contribution in [2.24, 2.45) is 0 Å². The first-order valence-electron chi connectivity index (χ1n) is 7.03. The molecule has 2 aromatic carbocycles. The number of alkyl halides is 3. The molecule has 3 rings (SSSR count). The van der Waals surface area contributed by atoms with Crippen LogP contribution in [0.4, 0.5) is 18.9 Å². The smallest absolute Gasteiger partial charge is 0.399 e. The molecule has 128 valence electrons. The SMILES string of the molecule is N=C(n1c(=N)c(Sc2ccccc2)nc2cc(N)ccc21)C(F)(F)F. The summed E-state index contributed by atoms with van der Waals surface area (Å²) in [6.07, 6.45) is -4.90. The van der Waals surface area contributed by atoms with E-state index in [-0.39, 0.29) is 16.1 Å². The van der Waals surface area contributed by atoms with Crippen molar-refractivity contribution >= 4 is 34.3 Å². The zero-order chi connectivity index (χ0) is 18.2. The maximum Gasteiger partial charge on any atom is 0.449 e. The average Bonchev–Trinajstić information content (AvgIpc) is 2.55. The van der Waals surface area contributed by atoms with Gasteiger partial charge in [-0.3, -0.25) is 15.4 Å². The topological polar surface area (TPSA) is 91.5 Å². The Kier molecular flexibility index (Phi) is 4.25. The van der Waals surface area contributed by atoms with Crippen molar-refractivity contribution in [2.75, 3.05) is 5.73 Å². The van der Waals surface area contributed by atoms with E-state index in [1.165, 1.54) is 18.2 Å². The zero-order valence-corrected chi connectivity index (χ0v) is 13.4. The molecule has 9 heteroatoms. The molecular weight excluding hydrogens is 351 g/mol. The minimum absolute atomic E-state index is 0.000985. The lowest BCUT2D eigenvalue weighted by Gasteiger charge is -2.16. The molecule has 0 radical (unpaired) electrons. The number of rotatable bonds is 2. The van der Waals surface area contributed by atoms with Gasteiger partial charge in [0.1, 0.15) is 5.03 Å². The normalized spacial score (nSPS) is 11.6. The summed E-state index contributed by atoms with van der Waals surface area (Å²) < 4.78 is 39.8. The number of aromatic nitrogens is 2. The van der Waals surface area contributed by atoms with Crippen molar-refractivity contribution in [3.8, 4) is 0 Å². The summed E-state index contributed by atoms with van der Waals surface area (Å²) >= 11 is 1.05. The first-order valence-corrected chi connectivity index (χ1v) is 7.85. The van der Waals surface area contributed by atoms with Crippen LogP contribution in [0.5, 0.6) is 0 Å².